The predicted molar refractivity (Wildman–Crippen MR) is 57.3 cm³/mol. The molecule has 7 heteroatoms. The number of carbonyl (C=O) groups is 1. The maximum absolute atomic E-state index is 10.4. The molecule has 0 saturated heterocycles. The van der Waals surface area contributed by atoms with Crippen LogP contribution in [0.3, 0.4) is 0 Å². The van der Waals surface area contributed by atoms with Crippen LogP contribution >= 0.6 is 15.9 Å². The van der Waals surface area contributed by atoms with Crippen molar-refractivity contribution in [2.24, 2.45) is 0 Å². The lowest BCUT2D eigenvalue weighted by atomic mass is 10.1. The Balaban J connectivity index is 2.36. The number of tetrazole rings is 1. The molecule has 0 bridgehead atoms. The van der Waals surface area contributed by atoms with Gasteiger partial charge in [-0.05, 0) is 12.1 Å². The highest BCUT2D eigenvalue weighted by molar-refractivity contribution is 9.10. The lowest BCUT2D eigenvalue weighted by molar-refractivity contribution is -0.132. The van der Waals surface area contributed by atoms with Gasteiger partial charge in [-0.25, -0.2) is 0 Å². The van der Waals surface area contributed by atoms with Crippen LogP contribution < -0.4 is 0 Å². The number of ether oxygens (including phenoxy) is 1. The summed E-state index contributed by atoms with van der Waals surface area (Å²) in [5.74, 6) is 0.310. The fraction of sp³-hybridized carbons (Fsp3) is 0.111. The van der Waals surface area contributed by atoms with Crippen molar-refractivity contribution in [3.05, 3.63) is 40.1 Å². The maximum atomic E-state index is 10.4. The minimum absolute atomic E-state index is 0.310. The Kier molecular flexibility index (Phi) is 3.25. The first kappa shape index (κ1) is 10.7. The second kappa shape index (κ2) is 4.84. The summed E-state index contributed by atoms with van der Waals surface area (Å²) < 4.78 is 5.82. The molecule has 0 aliphatic rings. The van der Waals surface area contributed by atoms with Gasteiger partial charge in [0.25, 0.3) is 6.47 Å². The van der Waals surface area contributed by atoms with E-state index in [1.54, 1.807) is 0 Å². The Morgan fingerprint density at radius 2 is 2.38 bits per heavy atom. The number of hydrogen-bond donors (Lipinski definition) is 1. The Bertz CT molecular complexity index is 474. The molecule has 0 radical (unpaired) electrons. The molecule has 0 spiro atoms. The fourth-order valence-corrected chi connectivity index (χ4v) is 1.71. The highest BCUT2D eigenvalue weighted by Gasteiger charge is 2.19. The predicted octanol–water partition coefficient (Wildman–Crippen LogP) is 1.22. The summed E-state index contributed by atoms with van der Waals surface area (Å²) in [7, 11) is 0. The lowest BCUT2D eigenvalue weighted by Gasteiger charge is -2.11. The Hall–Kier alpha value is -1.76. The summed E-state index contributed by atoms with van der Waals surface area (Å²) >= 11 is 3.34. The van der Waals surface area contributed by atoms with E-state index < -0.39 is 6.10 Å². The van der Waals surface area contributed by atoms with Crippen LogP contribution in [0.1, 0.15) is 17.5 Å². The minimum Gasteiger partial charge on any atom is -0.451 e. The van der Waals surface area contributed by atoms with Gasteiger partial charge >= 0.3 is 0 Å². The van der Waals surface area contributed by atoms with Crippen molar-refractivity contribution >= 4 is 22.4 Å². The van der Waals surface area contributed by atoms with Crippen molar-refractivity contribution in [1.29, 1.82) is 0 Å². The largest absolute Gasteiger partial charge is 0.451 e. The van der Waals surface area contributed by atoms with Crippen LogP contribution in [0.2, 0.25) is 0 Å². The molecule has 1 heterocycles. The Morgan fingerprint density at radius 3 is 3.00 bits per heavy atom. The number of hydrogen-bond acceptors (Lipinski definition) is 5. The summed E-state index contributed by atoms with van der Waals surface area (Å²) in [5, 5.41) is 13.3. The molecular formula is C9H7BrN4O2. The summed E-state index contributed by atoms with van der Waals surface area (Å²) in [4.78, 5) is 10.4. The standard InChI is InChI=1S/C9H7BrN4O2/c10-7-3-1-2-6(4-7)8(16-5-15)9-11-13-14-12-9/h1-5,8H,(H,11,12,13,14). The SMILES string of the molecule is O=COC(c1cccc(Br)c1)c1nn[nH]n1. The first-order valence-electron chi connectivity index (χ1n) is 4.39. The zero-order valence-corrected chi connectivity index (χ0v) is 9.59. The lowest BCUT2D eigenvalue weighted by Crippen LogP contribution is -2.07. The molecule has 6 nitrogen and oxygen atoms in total. The molecule has 1 N–H and O–H groups in total. The van der Waals surface area contributed by atoms with Gasteiger partial charge in [-0.2, -0.15) is 5.21 Å². The fourth-order valence-electron chi connectivity index (χ4n) is 1.29. The number of carbonyl (C=O) groups excluding carboxylic acids is 1. The summed E-state index contributed by atoms with van der Waals surface area (Å²) in [6.45, 7) is 0.363. The number of nitrogens with zero attached hydrogens (tertiary/aromatic N) is 3. The van der Waals surface area contributed by atoms with E-state index in [0.29, 0.717) is 12.3 Å². The van der Waals surface area contributed by atoms with E-state index in [4.69, 9.17) is 4.74 Å². The van der Waals surface area contributed by atoms with Crippen molar-refractivity contribution in [1.82, 2.24) is 20.6 Å². The average molecular weight is 283 g/mol. The molecule has 1 atom stereocenters. The van der Waals surface area contributed by atoms with Crippen molar-refractivity contribution in [2.75, 3.05) is 0 Å². The van der Waals surface area contributed by atoms with E-state index in [1.807, 2.05) is 24.3 Å². The third-order valence-corrected chi connectivity index (χ3v) is 2.43. The van der Waals surface area contributed by atoms with Gasteiger partial charge in [0.2, 0.25) is 5.82 Å². The van der Waals surface area contributed by atoms with Gasteiger partial charge in [-0.15, -0.1) is 10.2 Å². The molecule has 82 valence electrons. The normalized spacial score (nSPS) is 12.1. The average Bonchev–Trinajstić information content (AvgIpc) is 2.79. The van der Waals surface area contributed by atoms with E-state index >= 15 is 0 Å². The number of H-pyrrole nitrogens is 1. The van der Waals surface area contributed by atoms with Crippen molar-refractivity contribution in [3.8, 4) is 0 Å². The smallest absolute Gasteiger partial charge is 0.294 e. The van der Waals surface area contributed by atoms with Crippen LogP contribution in [0, 0.1) is 0 Å². The molecule has 0 aliphatic carbocycles. The van der Waals surface area contributed by atoms with Gasteiger partial charge in [0.1, 0.15) is 0 Å². The molecule has 2 aromatic rings. The van der Waals surface area contributed by atoms with E-state index in [-0.39, 0.29) is 0 Å². The molecule has 0 amide bonds. The molecule has 0 fully saturated rings. The van der Waals surface area contributed by atoms with Crippen molar-refractivity contribution in [3.63, 3.8) is 0 Å². The quantitative estimate of drug-likeness (QED) is 0.853. The van der Waals surface area contributed by atoms with Gasteiger partial charge < -0.3 is 4.74 Å². The third kappa shape index (κ3) is 2.25. The summed E-state index contributed by atoms with van der Waals surface area (Å²) in [6.07, 6.45) is -0.645. The molecule has 0 saturated carbocycles. The zero-order valence-electron chi connectivity index (χ0n) is 8.00. The van der Waals surface area contributed by atoms with E-state index in [2.05, 4.69) is 36.6 Å². The molecule has 1 aromatic carbocycles. The highest BCUT2D eigenvalue weighted by atomic mass is 79.9. The van der Waals surface area contributed by atoms with Crippen LogP contribution in [0.4, 0.5) is 0 Å². The first-order chi connectivity index (χ1) is 7.81. The number of aromatic amines is 1. The highest BCUT2D eigenvalue weighted by Crippen LogP contribution is 2.24. The topological polar surface area (TPSA) is 80.8 Å². The van der Waals surface area contributed by atoms with E-state index in [1.165, 1.54) is 0 Å². The van der Waals surface area contributed by atoms with Gasteiger partial charge in [-0.1, -0.05) is 33.3 Å². The second-order valence-corrected chi connectivity index (χ2v) is 3.85. The summed E-state index contributed by atoms with van der Waals surface area (Å²) in [6, 6.07) is 7.35. The monoisotopic (exact) mass is 282 g/mol. The molecule has 1 unspecified atom stereocenters. The molecule has 2 rings (SSSR count). The maximum Gasteiger partial charge on any atom is 0.294 e. The zero-order chi connectivity index (χ0) is 11.4. The van der Waals surface area contributed by atoms with E-state index in [9.17, 15) is 4.79 Å². The first-order valence-corrected chi connectivity index (χ1v) is 5.18. The molecule has 1 aromatic heterocycles. The van der Waals surface area contributed by atoms with Crippen molar-refractivity contribution < 1.29 is 9.53 Å². The van der Waals surface area contributed by atoms with Crippen LogP contribution in [0.25, 0.3) is 0 Å². The van der Waals surface area contributed by atoms with Gasteiger partial charge in [-0.3, -0.25) is 4.79 Å². The van der Waals surface area contributed by atoms with Gasteiger partial charge in [0, 0.05) is 10.0 Å². The Morgan fingerprint density at radius 1 is 1.50 bits per heavy atom. The number of nitrogens with one attached hydrogen (secondary N) is 1. The van der Waals surface area contributed by atoms with Crippen LogP contribution in [-0.4, -0.2) is 27.1 Å². The van der Waals surface area contributed by atoms with E-state index in [0.717, 1.165) is 10.0 Å². The van der Waals surface area contributed by atoms with Crippen molar-refractivity contribution in [2.45, 2.75) is 6.10 Å². The van der Waals surface area contributed by atoms with Crippen LogP contribution in [0.5, 0.6) is 0 Å². The Labute approximate surface area is 99.1 Å². The number of benzene rings is 1. The van der Waals surface area contributed by atoms with Gasteiger partial charge in [0.15, 0.2) is 6.10 Å². The van der Waals surface area contributed by atoms with Crippen LogP contribution in [0.15, 0.2) is 28.7 Å². The minimum atomic E-state index is -0.645. The number of rotatable bonds is 4. The number of halogens is 1. The summed E-state index contributed by atoms with van der Waals surface area (Å²) in [5.41, 5.74) is 0.767. The van der Waals surface area contributed by atoms with Gasteiger partial charge in [0.05, 0.1) is 0 Å². The third-order valence-electron chi connectivity index (χ3n) is 1.94. The van der Waals surface area contributed by atoms with Crippen LogP contribution in [-0.2, 0) is 9.53 Å². The molecular weight excluding hydrogens is 276 g/mol. The molecule has 16 heavy (non-hydrogen) atoms. The number of aromatic nitrogens is 4. The second-order valence-electron chi connectivity index (χ2n) is 2.94. The molecule has 0 aliphatic heterocycles.